The monoisotopic (exact) mass is 384 g/mol. The van der Waals surface area contributed by atoms with Crippen LogP contribution in [0.15, 0.2) is 18.2 Å². The van der Waals surface area contributed by atoms with Gasteiger partial charge in [0.25, 0.3) is 5.52 Å². The third kappa shape index (κ3) is 4.65. The summed E-state index contributed by atoms with van der Waals surface area (Å²) in [6.07, 6.45) is -0.228. The Kier molecular flexibility index (Phi) is 6.86. The van der Waals surface area contributed by atoms with E-state index in [1.165, 1.54) is 0 Å². The number of benzene rings is 1. The highest BCUT2D eigenvalue weighted by Crippen LogP contribution is 2.56. The van der Waals surface area contributed by atoms with Crippen molar-refractivity contribution in [2.24, 2.45) is 0 Å². The normalized spacial score (nSPS) is 19.4. The third-order valence-corrected chi connectivity index (χ3v) is 5.97. The smallest absolute Gasteiger partial charge is 0.379 e. The number of hydrogen-bond acceptors (Lipinski definition) is 7. The van der Waals surface area contributed by atoms with Gasteiger partial charge in [-0.2, -0.15) is 0 Å². The van der Waals surface area contributed by atoms with Gasteiger partial charge < -0.3 is 19.1 Å². The van der Waals surface area contributed by atoms with Crippen molar-refractivity contribution < 1.29 is 23.1 Å². The van der Waals surface area contributed by atoms with E-state index in [1.807, 2.05) is 56.2 Å². The molecule has 0 radical (unpaired) electrons. The van der Waals surface area contributed by atoms with Gasteiger partial charge >= 0.3 is 7.60 Å². The Morgan fingerprint density at radius 1 is 1.19 bits per heavy atom. The second-order valence-corrected chi connectivity index (χ2v) is 8.83. The molecule has 0 N–H and O–H groups in total. The second-order valence-electron chi connectivity index (χ2n) is 7.01. The largest absolute Gasteiger partial charge is 0.402 e. The number of rotatable bonds is 8. The predicted molar refractivity (Wildman–Crippen MR) is 104 cm³/mol. The van der Waals surface area contributed by atoms with Crippen LogP contribution in [0.2, 0.25) is 0 Å². The Morgan fingerprint density at radius 2 is 1.77 bits per heavy atom. The molecule has 1 aliphatic rings. The van der Waals surface area contributed by atoms with Crippen molar-refractivity contribution in [3.63, 3.8) is 0 Å². The van der Waals surface area contributed by atoms with Crippen LogP contribution in [0.4, 0.5) is 11.4 Å². The summed E-state index contributed by atoms with van der Waals surface area (Å²) in [4.78, 5) is 17.1. The maximum atomic E-state index is 13.5. The molecule has 2 unspecified atom stereocenters. The average Bonchev–Trinajstić information content (AvgIpc) is 3.05. The Hall–Kier alpha value is -1.40. The lowest BCUT2D eigenvalue weighted by Crippen LogP contribution is -2.23. The molecule has 2 atom stereocenters. The number of ether oxygens (including phenoxy) is 1. The fraction of sp³-hybridized carbons (Fsp3) is 0.611. The summed E-state index contributed by atoms with van der Waals surface area (Å²) in [7, 11) is 3.31. The van der Waals surface area contributed by atoms with Crippen LogP contribution in [0.1, 0.15) is 30.6 Å². The van der Waals surface area contributed by atoms with E-state index in [0.717, 1.165) is 0 Å². The van der Waals surface area contributed by atoms with Gasteiger partial charge in [-0.25, -0.2) is 0 Å². The Labute approximate surface area is 155 Å². The standard InChI is InChI=1S/C18H29N2O5P/c1-13(2)24-26(22,25-14-10-11-23-12-14)18(21)17-15(19(3)4)8-7-9-16(17)20(5)6/h7-9,13-14H,10-12H2,1-6H3. The van der Waals surface area contributed by atoms with Gasteiger partial charge in [0.2, 0.25) is 0 Å². The molecule has 2 rings (SSSR count). The maximum Gasteiger partial charge on any atom is 0.402 e. The van der Waals surface area contributed by atoms with Crippen LogP contribution >= 0.6 is 7.60 Å². The van der Waals surface area contributed by atoms with E-state index < -0.39 is 25.3 Å². The van der Waals surface area contributed by atoms with Crippen molar-refractivity contribution >= 4 is 24.5 Å². The number of anilines is 2. The van der Waals surface area contributed by atoms with Crippen LogP contribution in [0.25, 0.3) is 0 Å². The van der Waals surface area contributed by atoms with Gasteiger partial charge in [-0.05, 0) is 32.4 Å². The van der Waals surface area contributed by atoms with Gasteiger partial charge in [0.15, 0.2) is 0 Å². The molecule has 26 heavy (non-hydrogen) atoms. The molecule has 7 nitrogen and oxygen atoms in total. The summed E-state index contributed by atoms with van der Waals surface area (Å²) in [6.45, 7) is 4.31. The number of nitrogens with zero attached hydrogens (tertiary/aromatic N) is 2. The molecule has 0 spiro atoms. The fourth-order valence-electron chi connectivity index (χ4n) is 2.82. The van der Waals surface area contributed by atoms with Crippen LogP contribution < -0.4 is 9.80 Å². The predicted octanol–water partition coefficient (Wildman–Crippen LogP) is 3.38. The second kappa shape index (κ2) is 8.53. The average molecular weight is 384 g/mol. The van der Waals surface area contributed by atoms with Crippen LogP contribution in [0, 0.1) is 0 Å². The highest BCUT2D eigenvalue weighted by molar-refractivity contribution is 7.72. The summed E-state index contributed by atoms with van der Waals surface area (Å²) in [6, 6.07) is 5.50. The topological polar surface area (TPSA) is 68.3 Å². The quantitative estimate of drug-likeness (QED) is 0.637. The van der Waals surface area contributed by atoms with Crippen molar-refractivity contribution in [2.45, 2.75) is 32.5 Å². The van der Waals surface area contributed by atoms with Crippen molar-refractivity contribution in [1.82, 2.24) is 0 Å². The van der Waals surface area contributed by atoms with E-state index in [9.17, 15) is 9.36 Å². The molecule has 1 aromatic carbocycles. The lowest BCUT2D eigenvalue weighted by molar-refractivity contribution is 0.0847. The minimum absolute atomic E-state index is 0.314. The molecule has 1 aliphatic heterocycles. The molecule has 0 saturated carbocycles. The molecular formula is C18H29N2O5P. The van der Waals surface area contributed by atoms with E-state index in [2.05, 4.69) is 0 Å². The number of carbonyl (C=O) groups excluding carboxylic acids is 1. The Balaban J connectivity index is 2.52. The van der Waals surface area contributed by atoms with Crippen LogP contribution in [-0.2, 0) is 18.3 Å². The number of carbonyl (C=O) groups is 1. The first kappa shape index (κ1) is 20.9. The van der Waals surface area contributed by atoms with E-state index in [1.54, 1.807) is 13.8 Å². The van der Waals surface area contributed by atoms with Gasteiger partial charge in [-0.1, -0.05) is 6.07 Å². The zero-order chi connectivity index (χ0) is 19.5. The molecule has 1 saturated heterocycles. The van der Waals surface area contributed by atoms with Crippen molar-refractivity contribution in [3.05, 3.63) is 23.8 Å². The summed E-state index contributed by atoms with van der Waals surface area (Å²) < 4.78 is 30.1. The van der Waals surface area contributed by atoms with E-state index in [0.29, 0.717) is 36.6 Å². The zero-order valence-electron chi connectivity index (χ0n) is 16.4. The van der Waals surface area contributed by atoms with E-state index in [-0.39, 0.29) is 0 Å². The molecular weight excluding hydrogens is 355 g/mol. The van der Waals surface area contributed by atoms with Crippen molar-refractivity contribution in [3.8, 4) is 0 Å². The van der Waals surface area contributed by atoms with Gasteiger partial charge in [-0.3, -0.25) is 13.9 Å². The Morgan fingerprint density at radius 3 is 2.19 bits per heavy atom. The number of hydrogen-bond donors (Lipinski definition) is 0. The minimum Gasteiger partial charge on any atom is -0.379 e. The SMILES string of the molecule is CC(C)OP(=O)(OC1CCOC1)C(=O)c1c(N(C)C)cccc1N(C)C. The summed E-state index contributed by atoms with van der Waals surface area (Å²) in [5, 5.41) is 0. The first-order chi connectivity index (χ1) is 12.2. The minimum atomic E-state index is -4.04. The highest BCUT2D eigenvalue weighted by atomic mass is 31.2. The van der Waals surface area contributed by atoms with Crippen LogP contribution in [0.3, 0.4) is 0 Å². The molecule has 1 fully saturated rings. The van der Waals surface area contributed by atoms with E-state index in [4.69, 9.17) is 13.8 Å². The Bertz CT molecular complexity index is 658. The van der Waals surface area contributed by atoms with Gasteiger partial charge in [-0.15, -0.1) is 0 Å². The van der Waals surface area contributed by atoms with Crippen LogP contribution in [0.5, 0.6) is 0 Å². The van der Waals surface area contributed by atoms with E-state index >= 15 is 0 Å². The highest BCUT2D eigenvalue weighted by Gasteiger charge is 2.42. The van der Waals surface area contributed by atoms with Crippen molar-refractivity contribution in [1.29, 1.82) is 0 Å². The molecule has 0 aliphatic carbocycles. The van der Waals surface area contributed by atoms with Crippen LogP contribution in [-0.4, -0.2) is 59.1 Å². The molecule has 0 bridgehead atoms. The lowest BCUT2D eigenvalue weighted by Gasteiger charge is -2.27. The summed E-state index contributed by atoms with van der Waals surface area (Å²) in [5.41, 5.74) is 1.05. The van der Waals surface area contributed by atoms with Gasteiger partial charge in [0.1, 0.15) is 0 Å². The van der Waals surface area contributed by atoms with Gasteiger partial charge in [0.05, 0.1) is 24.4 Å². The zero-order valence-corrected chi connectivity index (χ0v) is 17.3. The maximum absolute atomic E-state index is 13.5. The summed E-state index contributed by atoms with van der Waals surface area (Å²) >= 11 is 0. The summed E-state index contributed by atoms with van der Waals surface area (Å²) in [5.74, 6) is 0. The lowest BCUT2D eigenvalue weighted by atomic mass is 10.1. The third-order valence-electron chi connectivity index (χ3n) is 3.97. The molecule has 1 heterocycles. The molecule has 0 amide bonds. The fourth-order valence-corrected chi connectivity index (χ4v) is 4.68. The molecule has 146 valence electrons. The van der Waals surface area contributed by atoms with Crippen molar-refractivity contribution in [2.75, 3.05) is 51.2 Å². The molecule has 1 aromatic rings. The first-order valence-corrected chi connectivity index (χ1v) is 10.3. The van der Waals surface area contributed by atoms with Gasteiger partial charge in [0, 0.05) is 46.2 Å². The molecule has 0 aromatic heterocycles. The first-order valence-electron chi connectivity index (χ1n) is 8.73. The molecule has 8 heteroatoms.